The molecule has 0 aliphatic carbocycles. The van der Waals surface area contributed by atoms with Crippen molar-refractivity contribution in [3.05, 3.63) is 23.8 Å². The quantitative estimate of drug-likeness (QED) is 0.784. The fourth-order valence-corrected chi connectivity index (χ4v) is 1.20. The molecule has 18 heavy (non-hydrogen) atoms. The Balaban J connectivity index is 2.85. The molecule has 0 heterocycles. The van der Waals surface area contributed by atoms with Crippen molar-refractivity contribution in [3.8, 4) is 11.5 Å². The van der Waals surface area contributed by atoms with Crippen LogP contribution in [0.25, 0.3) is 0 Å². The van der Waals surface area contributed by atoms with E-state index in [1.165, 1.54) is 13.2 Å². The van der Waals surface area contributed by atoms with E-state index in [0.717, 1.165) is 0 Å². The lowest BCUT2D eigenvalue weighted by molar-refractivity contribution is -0.148. The third-order valence-corrected chi connectivity index (χ3v) is 2.49. The van der Waals surface area contributed by atoms with Gasteiger partial charge in [0.1, 0.15) is 12.9 Å². The highest BCUT2D eigenvalue weighted by molar-refractivity contribution is 5.76. The van der Waals surface area contributed by atoms with Crippen LogP contribution in [0, 0.1) is 5.41 Å². The highest BCUT2D eigenvalue weighted by atomic mass is 16.5. The fourth-order valence-electron chi connectivity index (χ4n) is 1.20. The van der Waals surface area contributed by atoms with Crippen molar-refractivity contribution in [2.24, 2.45) is 5.41 Å². The topological polar surface area (TPSA) is 72.8 Å². The van der Waals surface area contributed by atoms with Gasteiger partial charge < -0.3 is 14.6 Å². The molecule has 0 aliphatic heterocycles. The number of carbonyl (C=O) groups excluding carboxylic acids is 1. The zero-order chi connectivity index (χ0) is 13.8. The number of rotatable bonds is 6. The number of carbonyl (C=O) groups is 2. The lowest BCUT2D eigenvalue weighted by Crippen LogP contribution is -2.30. The van der Waals surface area contributed by atoms with E-state index in [-0.39, 0.29) is 6.61 Å². The summed E-state index contributed by atoms with van der Waals surface area (Å²) in [6.07, 6.45) is 0.702. The molecule has 1 aromatic carbocycles. The van der Waals surface area contributed by atoms with Gasteiger partial charge in [0, 0.05) is 5.56 Å². The number of aldehydes is 1. The molecule has 0 amide bonds. The van der Waals surface area contributed by atoms with Gasteiger partial charge >= 0.3 is 5.97 Å². The van der Waals surface area contributed by atoms with Gasteiger partial charge in [0.05, 0.1) is 12.5 Å². The number of aliphatic carboxylic acids is 1. The van der Waals surface area contributed by atoms with Crippen LogP contribution in [0.2, 0.25) is 0 Å². The smallest absolute Gasteiger partial charge is 0.312 e. The first-order chi connectivity index (χ1) is 8.40. The summed E-state index contributed by atoms with van der Waals surface area (Å²) in [7, 11) is 1.46. The van der Waals surface area contributed by atoms with Crippen LogP contribution in [0.3, 0.4) is 0 Å². The van der Waals surface area contributed by atoms with Crippen LogP contribution in [0.5, 0.6) is 11.5 Å². The van der Waals surface area contributed by atoms with Crippen molar-refractivity contribution in [2.45, 2.75) is 13.8 Å². The lowest BCUT2D eigenvalue weighted by Gasteiger charge is -2.20. The molecule has 0 saturated heterocycles. The largest absolute Gasteiger partial charge is 0.493 e. The van der Waals surface area contributed by atoms with Gasteiger partial charge in [-0.1, -0.05) is 0 Å². The first kappa shape index (κ1) is 14.0. The van der Waals surface area contributed by atoms with E-state index in [4.69, 9.17) is 14.6 Å². The third-order valence-electron chi connectivity index (χ3n) is 2.49. The molecule has 0 saturated carbocycles. The molecule has 1 rings (SSSR count). The fraction of sp³-hybridized carbons (Fsp3) is 0.385. The van der Waals surface area contributed by atoms with Crippen molar-refractivity contribution in [1.82, 2.24) is 0 Å². The summed E-state index contributed by atoms with van der Waals surface area (Å²) in [6, 6.07) is 4.70. The summed E-state index contributed by atoms with van der Waals surface area (Å²) < 4.78 is 10.5. The van der Waals surface area contributed by atoms with E-state index in [9.17, 15) is 9.59 Å². The van der Waals surface area contributed by atoms with Crippen LogP contribution in [0.1, 0.15) is 24.2 Å². The lowest BCUT2D eigenvalue weighted by atomic mass is 9.95. The number of hydrogen-bond donors (Lipinski definition) is 1. The molecular weight excluding hydrogens is 236 g/mol. The van der Waals surface area contributed by atoms with Crippen LogP contribution < -0.4 is 9.47 Å². The Labute approximate surface area is 105 Å². The number of carboxylic acid groups (broad SMARTS) is 1. The summed E-state index contributed by atoms with van der Waals surface area (Å²) in [5.74, 6) is -0.121. The van der Waals surface area contributed by atoms with Gasteiger partial charge in [-0.3, -0.25) is 9.59 Å². The van der Waals surface area contributed by atoms with E-state index < -0.39 is 11.4 Å². The monoisotopic (exact) mass is 252 g/mol. The molecule has 5 heteroatoms. The summed E-state index contributed by atoms with van der Waals surface area (Å²) in [5.41, 5.74) is -0.523. The summed E-state index contributed by atoms with van der Waals surface area (Å²) >= 11 is 0. The maximum Gasteiger partial charge on any atom is 0.312 e. The van der Waals surface area contributed by atoms with Gasteiger partial charge in [0.2, 0.25) is 0 Å². The van der Waals surface area contributed by atoms with Crippen LogP contribution in [0.15, 0.2) is 18.2 Å². The molecule has 0 bridgehead atoms. The average molecular weight is 252 g/mol. The molecule has 0 atom stereocenters. The number of ether oxygens (including phenoxy) is 2. The number of hydrogen-bond acceptors (Lipinski definition) is 4. The van der Waals surface area contributed by atoms with Crippen LogP contribution in [0.4, 0.5) is 0 Å². The van der Waals surface area contributed by atoms with Gasteiger partial charge in [0.25, 0.3) is 0 Å². The second-order valence-corrected chi connectivity index (χ2v) is 4.51. The number of carboxylic acids is 1. The Morgan fingerprint density at radius 2 is 2.06 bits per heavy atom. The van der Waals surface area contributed by atoms with Gasteiger partial charge in [-0.25, -0.2) is 0 Å². The van der Waals surface area contributed by atoms with E-state index in [1.54, 1.807) is 26.0 Å². The molecule has 98 valence electrons. The standard InChI is InChI=1S/C13H16O5/c1-13(2,12(15)16)8-18-10-5-4-9(7-14)6-11(10)17-3/h4-7H,8H2,1-3H3,(H,15,16). The summed E-state index contributed by atoms with van der Waals surface area (Å²) in [5, 5.41) is 8.97. The maximum atomic E-state index is 10.9. The molecule has 0 radical (unpaired) electrons. The Bertz CT molecular complexity index is 451. The average Bonchev–Trinajstić information content (AvgIpc) is 2.35. The van der Waals surface area contributed by atoms with Crippen molar-refractivity contribution < 1.29 is 24.2 Å². The number of methoxy groups -OCH3 is 1. The first-order valence-electron chi connectivity index (χ1n) is 5.40. The van der Waals surface area contributed by atoms with Crippen molar-refractivity contribution in [2.75, 3.05) is 13.7 Å². The highest BCUT2D eigenvalue weighted by Crippen LogP contribution is 2.29. The Morgan fingerprint density at radius 1 is 1.39 bits per heavy atom. The second-order valence-electron chi connectivity index (χ2n) is 4.51. The van der Waals surface area contributed by atoms with E-state index in [0.29, 0.717) is 23.3 Å². The van der Waals surface area contributed by atoms with Gasteiger partial charge in [0.15, 0.2) is 11.5 Å². The summed E-state index contributed by atoms with van der Waals surface area (Å²) in [6.45, 7) is 3.16. The van der Waals surface area contributed by atoms with Gasteiger partial charge in [-0.05, 0) is 32.0 Å². The predicted octanol–water partition coefficient (Wildman–Crippen LogP) is 2.00. The zero-order valence-corrected chi connectivity index (χ0v) is 10.6. The molecule has 0 aromatic heterocycles. The van der Waals surface area contributed by atoms with E-state index in [1.807, 2.05) is 0 Å². The van der Waals surface area contributed by atoms with Crippen molar-refractivity contribution >= 4 is 12.3 Å². The Morgan fingerprint density at radius 3 is 2.56 bits per heavy atom. The van der Waals surface area contributed by atoms with Crippen LogP contribution in [-0.4, -0.2) is 31.1 Å². The van der Waals surface area contributed by atoms with Crippen molar-refractivity contribution in [1.29, 1.82) is 0 Å². The molecule has 0 aliphatic rings. The molecular formula is C13H16O5. The normalized spacial score (nSPS) is 10.8. The Hall–Kier alpha value is -2.04. The molecule has 0 unspecified atom stereocenters. The van der Waals surface area contributed by atoms with Crippen LogP contribution >= 0.6 is 0 Å². The number of benzene rings is 1. The predicted molar refractivity (Wildman–Crippen MR) is 65.3 cm³/mol. The minimum atomic E-state index is -0.992. The van der Waals surface area contributed by atoms with Crippen molar-refractivity contribution in [3.63, 3.8) is 0 Å². The summed E-state index contributed by atoms with van der Waals surface area (Å²) in [4.78, 5) is 21.6. The zero-order valence-electron chi connectivity index (χ0n) is 10.6. The van der Waals surface area contributed by atoms with Gasteiger partial charge in [-0.15, -0.1) is 0 Å². The second kappa shape index (κ2) is 5.53. The van der Waals surface area contributed by atoms with Gasteiger partial charge in [-0.2, -0.15) is 0 Å². The maximum absolute atomic E-state index is 10.9. The minimum absolute atomic E-state index is 0.0130. The Kier molecular flexibility index (Phi) is 4.31. The molecule has 1 aromatic rings. The highest BCUT2D eigenvalue weighted by Gasteiger charge is 2.28. The first-order valence-corrected chi connectivity index (χ1v) is 5.40. The molecule has 0 fully saturated rings. The van der Waals surface area contributed by atoms with Crippen LogP contribution in [-0.2, 0) is 4.79 Å². The SMILES string of the molecule is COc1cc(C=O)ccc1OCC(C)(C)C(=O)O. The minimum Gasteiger partial charge on any atom is -0.493 e. The molecule has 0 spiro atoms. The molecule has 5 nitrogen and oxygen atoms in total. The van der Waals surface area contributed by atoms with E-state index >= 15 is 0 Å². The molecule has 1 N–H and O–H groups in total. The van der Waals surface area contributed by atoms with E-state index in [2.05, 4.69) is 0 Å². The third kappa shape index (κ3) is 3.23.